The highest BCUT2D eigenvalue weighted by Crippen LogP contribution is 2.49. The monoisotopic (exact) mass is 374 g/mol. The Bertz CT molecular complexity index is 923. The van der Waals surface area contributed by atoms with Crippen LogP contribution in [-0.2, 0) is 17.3 Å². The number of benzene rings is 2. The first kappa shape index (κ1) is 18.5. The molecule has 1 heterocycles. The highest BCUT2D eigenvalue weighted by Gasteiger charge is 2.51. The normalized spacial score (nSPS) is 19.6. The largest absolute Gasteiger partial charge is 0.369 e. The van der Waals surface area contributed by atoms with Crippen molar-refractivity contribution in [3.8, 4) is 0 Å². The van der Waals surface area contributed by atoms with Crippen LogP contribution in [0.1, 0.15) is 42.3 Å². The molecule has 1 fully saturated rings. The first-order valence-corrected chi connectivity index (χ1v) is 9.99. The van der Waals surface area contributed by atoms with Crippen LogP contribution in [0.25, 0.3) is 0 Å². The summed E-state index contributed by atoms with van der Waals surface area (Å²) in [4.78, 5) is 13.1. The second-order valence-electron chi connectivity index (χ2n) is 7.93. The van der Waals surface area contributed by atoms with Crippen molar-refractivity contribution in [1.29, 1.82) is 0 Å². The lowest BCUT2D eigenvalue weighted by molar-refractivity contribution is -0.677. The van der Waals surface area contributed by atoms with Crippen LogP contribution in [0.2, 0.25) is 0 Å². The van der Waals surface area contributed by atoms with Gasteiger partial charge in [0.25, 0.3) is 5.82 Å². The van der Waals surface area contributed by atoms with Crippen molar-refractivity contribution in [3.05, 3.63) is 90.0 Å². The molecule has 4 rings (SSSR count). The minimum Gasteiger partial charge on any atom is -0.369 e. The summed E-state index contributed by atoms with van der Waals surface area (Å²) >= 11 is 0. The minimum absolute atomic E-state index is 0.159. The van der Waals surface area contributed by atoms with Gasteiger partial charge in [-0.15, -0.1) is 0 Å². The zero-order valence-corrected chi connectivity index (χ0v) is 16.6. The summed E-state index contributed by atoms with van der Waals surface area (Å²) in [5.74, 6) is 1.13. The molecule has 2 N–H and O–H groups in total. The zero-order chi connectivity index (χ0) is 19.7. The third-order valence-electron chi connectivity index (χ3n) is 6.59. The fraction of sp³-hybridized carbons (Fsp3) is 0.333. The molecular formula is C24H28N3O+. The van der Waals surface area contributed by atoms with Crippen molar-refractivity contribution in [1.82, 2.24) is 4.57 Å². The Balaban J connectivity index is 1.81. The highest BCUT2D eigenvalue weighted by molar-refractivity contribution is 5.91. The standard InChI is InChI=1S/C24H27N3O/c1-18-26(2)15-16-27(18)22-14-13-21(17-22)24(23(25)28,19-9-5-3-6-10-19)20-11-7-4-8-12-20/h3-12,15-16,21-22H,13-14,17H2,1-2H3,(H-,25,28)/p+1/t21-,22-/m0/s1. The Kier molecular flexibility index (Phi) is 4.80. The van der Waals surface area contributed by atoms with Crippen LogP contribution < -0.4 is 10.3 Å². The summed E-state index contributed by atoms with van der Waals surface area (Å²) in [5, 5.41) is 0. The molecule has 1 amide bonds. The molecule has 28 heavy (non-hydrogen) atoms. The smallest absolute Gasteiger partial charge is 0.253 e. The van der Waals surface area contributed by atoms with E-state index in [0.717, 1.165) is 30.4 Å². The van der Waals surface area contributed by atoms with Gasteiger partial charge in [0.05, 0.1) is 7.05 Å². The SMILES string of the molecule is Cc1n([C@H]2CC[C@H](C(C(N)=O)(c3ccccc3)c3ccccc3)C2)cc[n+]1C. The number of hydrogen-bond donors (Lipinski definition) is 1. The van der Waals surface area contributed by atoms with Crippen molar-refractivity contribution >= 4 is 5.91 Å². The summed E-state index contributed by atoms with van der Waals surface area (Å²) in [6.07, 6.45) is 7.20. The molecule has 4 heteroatoms. The van der Waals surface area contributed by atoms with E-state index < -0.39 is 5.41 Å². The number of aromatic nitrogens is 2. The molecule has 1 aliphatic carbocycles. The Morgan fingerprint density at radius 2 is 1.61 bits per heavy atom. The van der Waals surface area contributed by atoms with Gasteiger partial charge in [-0.2, -0.15) is 0 Å². The van der Waals surface area contributed by atoms with Crippen LogP contribution in [0.5, 0.6) is 0 Å². The fourth-order valence-electron chi connectivity index (χ4n) is 5.09. The van der Waals surface area contributed by atoms with Crippen LogP contribution in [0.3, 0.4) is 0 Å². The van der Waals surface area contributed by atoms with Crippen LogP contribution in [0.15, 0.2) is 73.1 Å². The Morgan fingerprint density at radius 3 is 2.07 bits per heavy atom. The maximum absolute atomic E-state index is 13.1. The molecule has 2 aromatic carbocycles. The predicted octanol–water partition coefficient (Wildman–Crippen LogP) is 3.43. The van der Waals surface area contributed by atoms with Gasteiger partial charge in [0.2, 0.25) is 5.91 Å². The molecule has 3 aromatic rings. The molecule has 1 saturated carbocycles. The summed E-state index contributed by atoms with van der Waals surface area (Å²) in [7, 11) is 2.07. The predicted molar refractivity (Wildman–Crippen MR) is 110 cm³/mol. The van der Waals surface area contributed by atoms with Crippen molar-refractivity contribution in [2.45, 2.75) is 37.6 Å². The van der Waals surface area contributed by atoms with Crippen LogP contribution in [0, 0.1) is 12.8 Å². The molecule has 144 valence electrons. The fourth-order valence-corrected chi connectivity index (χ4v) is 5.09. The molecule has 2 atom stereocenters. The van der Waals surface area contributed by atoms with E-state index in [9.17, 15) is 4.79 Å². The molecule has 0 saturated heterocycles. The molecule has 0 spiro atoms. The molecule has 0 bridgehead atoms. The number of hydrogen-bond acceptors (Lipinski definition) is 1. The average molecular weight is 375 g/mol. The number of rotatable bonds is 5. The molecule has 0 aliphatic heterocycles. The van der Waals surface area contributed by atoms with Gasteiger partial charge in [-0.1, -0.05) is 60.7 Å². The van der Waals surface area contributed by atoms with Gasteiger partial charge in [-0.05, 0) is 36.3 Å². The molecule has 1 aromatic heterocycles. The first-order valence-electron chi connectivity index (χ1n) is 9.99. The van der Waals surface area contributed by atoms with E-state index in [1.807, 2.05) is 60.7 Å². The molecule has 4 nitrogen and oxygen atoms in total. The minimum atomic E-state index is -0.805. The summed E-state index contributed by atoms with van der Waals surface area (Å²) in [6.45, 7) is 2.14. The zero-order valence-electron chi connectivity index (χ0n) is 16.6. The Morgan fingerprint density at radius 1 is 1.04 bits per heavy atom. The number of aryl methyl sites for hydroxylation is 1. The van der Waals surface area contributed by atoms with E-state index in [-0.39, 0.29) is 11.8 Å². The number of primary amides is 1. The highest BCUT2D eigenvalue weighted by atomic mass is 16.1. The lowest BCUT2D eigenvalue weighted by atomic mass is 9.64. The Labute approximate surface area is 166 Å². The second-order valence-corrected chi connectivity index (χ2v) is 7.93. The number of imidazole rings is 1. The van der Waals surface area contributed by atoms with E-state index in [2.05, 4.69) is 35.5 Å². The van der Waals surface area contributed by atoms with Crippen LogP contribution in [0.4, 0.5) is 0 Å². The van der Waals surface area contributed by atoms with Gasteiger partial charge in [0, 0.05) is 6.92 Å². The summed E-state index contributed by atoms with van der Waals surface area (Å²) < 4.78 is 4.49. The van der Waals surface area contributed by atoms with Gasteiger partial charge < -0.3 is 5.73 Å². The van der Waals surface area contributed by atoms with Crippen LogP contribution >= 0.6 is 0 Å². The number of nitrogens with zero attached hydrogens (tertiary/aromatic N) is 2. The first-order chi connectivity index (χ1) is 13.5. The average Bonchev–Trinajstić information content (AvgIpc) is 3.32. The van der Waals surface area contributed by atoms with Crippen molar-refractivity contribution in [3.63, 3.8) is 0 Å². The van der Waals surface area contributed by atoms with Gasteiger partial charge in [-0.25, -0.2) is 9.13 Å². The lowest BCUT2D eigenvalue weighted by Crippen LogP contribution is -2.47. The lowest BCUT2D eigenvalue weighted by Gasteiger charge is -2.37. The number of nitrogens with two attached hydrogens (primary N) is 1. The molecule has 0 unspecified atom stereocenters. The van der Waals surface area contributed by atoms with E-state index in [4.69, 9.17) is 5.73 Å². The third kappa shape index (κ3) is 2.84. The maximum Gasteiger partial charge on any atom is 0.253 e. The quantitative estimate of drug-likeness (QED) is 0.684. The van der Waals surface area contributed by atoms with Crippen molar-refractivity contribution in [2.75, 3.05) is 0 Å². The van der Waals surface area contributed by atoms with Gasteiger partial charge in [0.1, 0.15) is 23.9 Å². The topological polar surface area (TPSA) is 51.9 Å². The van der Waals surface area contributed by atoms with Gasteiger partial charge >= 0.3 is 0 Å². The summed E-state index contributed by atoms with van der Waals surface area (Å²) in [6, 6.07) is 20.5. The van der Waals surface area contributed by atoms with Crippen molar-refractivity contribution in [2.24, 2.45) is 18.7 Å². The number of carbonyl (C=O) groups excluding carboxylic acids is 1. The molecular weight excluding hydrogens is 346 g/mol. The van der Waals surface area contributed by atoms with E-state index in [1.165, 1.54) is 5.82 Å². The maximum atomic E-state index is 13.1. The third-order valence-corrected chi connectivity index (χ3v) is 6.59. The van der Waals surface area contributed by atoms with E-state index in [1.54, 1.807) is 0 Å². The second kappa shape index (κ2) is 7.27. The van der Waals surface area contributed by atoms with Crippen molar-refractivity contribution < 1.29 is 9.36 Å². The number of carbonyl (C=O) groups is 1. The number of amides is 1. The molecule has 1 aliphatic rings. The van der Waals surface area contributed by atoms with Gasteiger partial charge in [0.15, 0.2) is 0 Å². The van der Waals surface area contributed by atoms with E-state index in [0.29, 0.717) is 6.04 Å². The van der Waals surface area contributed by atoms with Gasteiger partial charge in [-0.3, -0.25) is 4.79 Å². The summed E-state index contributed by atoms with van der Waals surface area (Å²) in [5.41, 5.74) is 7.37. The molecule has 0 radical (unpaired) electrons. The van der Waals surface area contributed by atoms with E-state index >= 15 is 0 Å². The Hall–Kier alpha value is -2.88. The van der Waals surface area contributed by atoms with Crippen LogP contribution in [-0.4, -0.2) is 10.5 Å².